The second-order valence-electron chi connectivity index (χ2n) is 7.83. The first-order valence-corrected chi connectivity index (χ1v) is 11.5. The zero-order chi connectivity index (χ0) is 18.9. The van der Waals surface area contributed by atoms with Crippen LogP contribution in [0.2, 0.25) is 0 Å². The first-order valence-electron chi connectivity index (χ1n) is 10.0. The van der Waals surface area contributed by atoms with E-state index in [-0.39, 0.29) is 24.4 Å². The molecule has 0 unspecified atom stereocenters. The molecule has 1 aromatic carbocycles. The number of ether oxygens (including phenoxy) is 1. The molecule has 1 amide bonds. The van der Waals surface area contributed by atoms with E-state index in [0.717, 1.165) is 50.5 Å². The fraction of sp³-hybridized carbons (Fsp3) is 0.650. The number of rotatable bonds is 7. The molecule has 1 N–H and O–H groups in total. The van der Waals surface area contributed by atoms with Crippen molar-refractivity contribution < 1.29 is 17.9 Å². The van der Waals surface area contributed by atoms with Crippen LogP contribution in [-0.2, 0) is 32.4 Å². The Morgan fingerprint density at radius 1 is 1.11 bits per heavy atom. The van der Waals surface area contributed by atoms with Crippen LogP contribution in [0.15, 0.2) is 23.1 Å². The van der Waals surface area contributed by atoms with Crippen molar-refractivity contribution in [1.29, 1.82) is 0 Å². The van der Waals surface area contributed by atoms with Crippen LogP contribution in [0.3, 0.4) is 0 Å². The average Bonchev–Trinajstić information content (AvgIpc) is 3.42. The fourth-order valence-corrected chi connectivity index (χ4v) is 5.20. The van der Waals surface area contributed by atoms with Gasteiger partial charge in [-0.05, 0) is 68.2 Å². The number of fused-ring (bicyclic) bond motifs is 1. The Labute approximate surface area is 161 Å². The van der Waals surface area contributed by atoms with Gasteiger partial charge in [0, 0.05) is 38.3 Å². The number of nitrogens with zero attached hydrogens (tertiary/aromatic N) is 1. The topological polar surface area (TPSA) is 75.7 Å². The van der Waals surface area contributed by atoms with Crippen molar-refractivity contribution in [2.45, 2.75) is 55.9 Å². The number of hydrogen-bond donors (Lipinski definition) is 1. The maximum absolute atomic E-state index is 12.7. The Morgan fingerprint density at radius 2 is 1.85 bits per heavy atom. The zero-order valence-corrected chi connectivity index (χ0v) is 16.5. The van der Waals surface area contributed by atoms with Gasteiger partial charge in [0.15, 0.2) is 0 Å². The van der Waals surface area contributed by atoms with E-state index in [2.05, 4.69) is 4.72 Å². The van der Waals surface area contributed by atoms with Crippen molar-refractivity contribution in [3.8, 4) is 0 Å². The summed E-state index contributed by atoms with van der Waals surface area (Å²) >= 11 is 0. The Kier molecular flexibility index (Phi) is 5.53. The van der Waals surface area contributed by atoms with Gasteiger partial charge in [-0.2, -0.15) is 0 Å². The van der Waals surface area contributed by atoms with Crippen LogP contribution in [0.1, 0.15) is 43.2 Å². The minimum atomic E-state index is -3.55. The smallest absolute Gasteiger partial charge is 0.240 e. The van der Waals surface area contributed by atoms with E-state index in [1.807, 2.05) is 11.0 Å². The van der Waals surface area contributed by atoms with Gasteiger partial charge in [-0.15, -0.1) is 0 Å². The maximum atomic E-state index is 12.7. The molecule has 7 heteroatoms. The molecule has 4 rings (SSSR count). The first-order chi connectivity index (χ1) is 13.0. The lowest BCUT2D eigenvalue weighted by atomic mass is 10.1. The van der Waals surface area contributed by atoms with Crippen molar-refractivity contribution in [1.82, 2.24) is 9.62 Å². The highest BCUT2D eigenvalue weighted by Crippen LogP contribution is 2.32. The van der Waals surface area contributed by atoms with Gasteiger partial charge < -0.3 is 9.64 Å². The van der Waals surface area contributed by atoms with Gasteiger partial charge in [0.25, 0.3) is 0 Å². The number of benzene rings is 1. The van der Waals surface area contributed by atoms with Crippen LogP contribution >= 0.6 is 0 Å². The molecule has 0 bridgehead atoms. The molecule has 0 aromatic heterocycles. The molecule has 1 aromatic rings. The number of carbonyl (C=O) groups is 1. The van der Waals surface area contributed by atoms with Gasteiger partial charge in [-0.1, -0.05) is 6.07 Å². The van der Waals surface area contributed by atoms with Crippen molar-refractivity contribution in [2.75, 3.05) is 26.3 Å². The van der Waals surface area contributed by atoms with Crippen molar-refractivity contribution >= 4 is 15.9 Å². The molecule has 1 aliphatic heterocycles. The third-order valence-electron chi connectivity index (χ3n) is 5.87. The summed E-state index contributed by atoms with van der Waals surface area (Å²) in [5, 5.41) is 0. The van der Waals surface area contributed by atoms with Crippen molar-refractivity contribution in [3.63, 3.8) is 0 Å². The van der Waals surface area contributed by atoms with E-state index < -0.39 is 10.0 Å². The number of hydrogen-bond acceptors (Lipinski definition) is 4. The number of carbonyl (C=O) groups excluding carboxylic acids is 1. The van der Waals surface area contributed by atoms with Gasteiger partial charge >= 0.3 is 0 Å². The molecule has 148 valence electrons. The van der Waals surface area contributed by atoms with Crippen LogP contribution in [0.4, 0.5) is 0 Å². The van der Waals surface area contributed by atoms with E-state index in [0.29, 0.717) is 24.7 Å². The summed E-state index contributed by atoms with van der Waals surface area (Å²) in [5.74, 6) is 0.319. The second kappa shape index (κ2) is 7.89. The second-order valence-corrected chi connectivity index (χ2v) is 9.60. The van der Waals surface area contributed by atoms with Crippen molar-refractivity contribution in [3.05, 3.63) is 29.3 Å². The molecular weight excluding hydrogens is 364 g/mol. The molecule has 1 saturated carbocycles. The third-order valence-corrected chi connectivity index (χ3v) is 7.33. The van der Waals surface area contributed by atoms with Gasteiger partial charge in [0.05, 0.1) is 4.90 Å². The van der Waals surface area contributed by atoms with E-state index in [9.17, 15) is 13.2 Å². The van der Waals surface area contributed by atoms with Crippen LogP contribution in [0.5, 0.6) is 0 Å². The molecule has 2 aliphatic carbocycles. The van der Waals surface area contributed by atoms with Crippen molar-refractivity contribution in [2.24, 2.45) is 5.92 Å². The average molecular weight is 393 g/mol. The molecule has 6 nitrogen and oxygen atoms in total. The minimum Gasteiger partial charge on any atom is -0.381 e. The van der Waals surface area contributed by atoms with Gasteiger partial charge in [0.1, 0.15) is 0 Å². The Morgan fingerprint density at radius 3 is 2.59 bits per heavy atom. The lowest BCUT2D eigenvalue weighted by molar-refractivity contribution is -0.136. The molecule has 1 saturated heterocycles. The molecule has 27 heavy (non-hydrogen) atoms. The van der Waals surface area contributed by atoms with E-state index in [1.54, 1.807) is 12.1 Å². The van der Waals surface area contributed by atoms with Gasteiger partial charge in [-0.3, -0.25) is 4.79 Å². The number of nitrogens with one attached hydrogen (secondary N) is 1. The van der Waals surface area contributed by atoms with Crippen LogP contribution in [0, 0.1) is 5.92 Å². The van der Waals surface area contributed by atoms with Gasteiger partial charge in [-0.25, -0.2) is 13.1 Å². The zero-order valence-electron chi connectivity index (χ0n) is 15.7. The Bertz CT molecular complexity index is 798. The van der Waals surface area contributed by atoms with E-state index in [1.165, 1.54) is 5.56 Å². The predicted octanol–water partition coefficient (Wildman–Crippen LogP) is 1.87. The minimum absolute atomic E-state index is 0.140. The standard InChI is InChI=1S/C20H28N2O4S/c23-20(16-4-5-16)22(18-8-12-26-13-9-18)11-10-21-27(24,25)19-7-6-15-2-1-3-17(15)14-19/h6-7,14,16,18,21H,1-5,8-13H2. The highest BCUT2D eigenvalue weighted by Gasteiger charge is 2.36. The summed E-state index contributed by atoms with van der Waals surface area (Å²) < 4.78 is 33.4. The first kappa shape index (κ1) is 18.9. The number of aryl methyl sites for hydroxylation is 2. The molecule has 3 aliphatic rings. The molecule has 2 fully saturated rings. The molecule has 0 radical (unpaired) electrons. The largest absolute Gasteiger partial charge is 0.381 e. The monoisotopic (exact) mass is 392 g/mol. The number of amides is 1. The van der Waals surface area contributed by atoms with E-state index in [4.69, 9.17) is 4.74 Å². The van der Waals surface area contributed by atoms with Crippen LogP contribution < -0.4 is 4.72 Å². The summed E-state index contributed by atoms with van der Waals surface area (Å²) in [6, 6.07) is 5.59. The van der Waals surface area contributed by atoms with Crippen LogP contribution in [-0.4, -0.2) is 51.6 Å². The van der Waals surface area contributed by atoms with Gasteiger partial charge in [0.2, 0.25) is 15.9 Å². The number of sulfonamides is 1. The quantitative estimate of drug-likeness (QED) is 0.769. The summed E-state index contributed by atoms with van der Waals surface area (Å²) in [5.41, 5.74) is 2.40. The normalized spacial score (nSPS) is 20.4. The van der Waals surface area contributed by atoms with E-state index >= 15 is 0 Å². The Balaban J connectivity index is 1.39. The SMILES string of the molecule is O=C(C1CC1)N(CCNS(=O)(=O)c1ccc2c(c1)CCC2)C1CCOCC1. The highest BCUT2D eigenvalue weighted by molar-refractivity contribution is 7.89. The molecule has 1 heterocycles. The third kappa shape index (κ3) is 4.36. The lowest BCUT2D eigenvalue weighted by Crippen LogP contribution is -2.47. The molecule has 0 atom stereocenters. The lowest BCUT2D eigenvalue weighted by Gasteiger charge is -2.34. The Hall–Kier alpha value is -1.44. The highest BCUT2D eigenvalue weighted by atomic mass is 32.2. The fourth-order valence-electron chi connectivity index (χ4n) is 4.13. The summed E-state index contributed by atoms with van der Waals surface area (Å²) in [6.07, 6.45) is 6.65. The van der Waals surface area contributed by atoms with Crippen LogP contribution in [0.25, 0.3) is 0 Å². The predicted molar refractivity (Wildman–Crippen MR) is 102 cm³/mol. The molecular formula is C20H28N2O4S. The summed E-state index contributed by atoms with van der Waals surface area (Å²) in [4.78, 5) is 14.9. The maximum Gasteiger partial charge on any atom is 0.240 e. The molecule has 0 spiro atoms. The summed E-state index contributed by atoms with van der Waals surface area (Å²) in [7, 11) is -3.55. The summed E-state index contributed by atoms with van der Waals surface area (Å²) in [6.45, 7) is 2.00.